The first-order valence-corrected chi connectivity index (χ1v) is 7.22. The molecule has 0 atom stereocenters. The second-order valence-corrected chi connectivity index (χ2v) is 5.65. The normalized spacial score (nSPS) is 10.8. The molecule has 106 valence electrons. The number of amides is 1. The molecular weight excluding hydrogens is 356 g/mol. The summed E-state index contributed by atoms with van der Waals surface area (Å²) >= 11 is 9.67. The number of aromatic amines is 1. The van der Waals surface area contributed by atoms with E-state index in [1.807, 2.05) is 24.3 Å². The van der Waals surface area contributed by atoms with Crippen molar-refractivity contribution in [2.24, 2.45) is 5.84 Å². The van der Waals surface area contributed by atoms with Gasteiger partial charge in [0.1, 0.15) is 11.3 Å². The Morgan fingerprint density at radius 1 is 1.33 bits per heavy atom. The Bertz CT molecular complexity index is 846. The van der Waals surface area contributed by atoms with Crippen LogP contribution in [0.2, 0.25) is 5.02 Å². The molecule has 3 rings (SSSR count). The number of rotatable bonds is 2. The molecule has 3 aromatic rings. The predicted molar refractivity (Wildman–Crippen MR) is 85.9 cm³/mol. The first-order chi connectivity index (χ1) is 10.1. The fourth-order valence-corrected chi connectivity index (χ4v) is 2.80. The van der Waals surface area contributed by atoms with Crippen LogP contribution in [0.25, 0.3) is 22.4 Å². The zero-order chi connectivity index (χ0) is 15.0. The number of carbonyl (C=O) groups is 1. The summed E-state index contributed by atoms with van der Waals surface area (Å²) in [5.74, 6) is 5.40. The van der Waals surface area contributed by atoms with Gasteiger partial charge in [-0.2, -0.15) is 0 Å². The van der Waals surface area contributed by atoms with Crippen LogP contribution in [0.15, 0.2) is 40.9 Å². The summed E-state index contributed by atoms with van der Waals surface area (Å²) < 4.78 is 0.917. The third-order valence-corrected chi connectivity index (χ3v) is 4.04. The molecular formula is C14H10BrClN4O. The highest BCUT2D eigenvalue weighted by atomic mass is 79.9. The van der Waals surface area contributed by atoms with Crippen LogP contribution < -0.4 is 11.3 Å². The van der Waals surface area contributed by atoms with E-state index in [0.717, 1.165) is 10.0 Å². The van der Waals surface area contributed by atoms with Crippen molar-refractivity contribution in [1.29, 1.82) is 0 Å². The van der Waals surface area contributed by atoms with Gasteiger partial charge in [-0.1, -0.05) is 45.7 Å². The number of hydrogen-bond acceptors (Lipinski definition) is 3. The number of benzene rings is 2. The minimum absolute atomic E-state index is 0.373. The maximum atomic E-state index is 11.6. The molecule has 0 saturated carbocycles. The Hall–Kier alpha value is -1.89. The van der Waals surface area contributed by atoms with E-state index in [1.54, 1.807) is 6.07 Å². The van der Waals surface area contributed by atoms with Crippen LogP contribution in [0.4, 0.5) is 0 Å². The van der Waals surface area contributed by atoms with E-state index in [2.05, 4.69) is 31.3 Å². The number of aromatic nitrogens is 2. The first kappa shape index (κ1) is 14.1. The van der Waals surface area contributed by atoms with Crippen LogP contribution in [-0.4, -0.2) is 15.9 Å². The first-order valence-electron chi connectivity index (χ1n) is 6.05. The molecule has 0 saturated heterocycles. The lowest BCUT2D eigenvalue weighted by atomic mass is 10.2. The number of nitrogens with two attached hydrogens (primary N) is 1. The van der Waals surface area contributed by atoms with E-state index in [1.165, 1.54) is 6.07 Å². The SMILES string of the molecule is NNC(=O)c1cc(Cl)c2nc(-c3ccccc3Br)[nH]c2c1. The molecule has 0 fully saturated rings. The zero-order valence-corrected chi connectivity index (χ0v) is 13.0. The summed E-state index contributed by atoms with van der Waals surface area (Å²) in [7, 11) is 0. The molecule has 0 aliphatic rings. The second kappa shape index (κ2) is 5.48. The van der Waals surface area contributed by atoms with E-state index < -0.39 is 5.91 Å². The minimum atomic E-state index is -0.407. The number of nitrogen functional groups attached to an aromatic ring is 1. The van der Waals surface area contributed by atoms with Gasteiger partial charge in [0.25, 0.3) is 5.91 Å². The smallest absolute Gasteiger partial charge is 0.265 e. The van der Waals surface area contributed by atoms with Crippen molar-refractivity contribution in [1.82, 2.24) is 15.4 Å². The van der Waals surface area contributed by atoms with E-state index in [-0.39, 0.29) is 0 Å². The lowest BCUT2D eigenvalue weighted by molar-refractivity contribution is 0.0954. The molecule has 0 aliphatic heterocycles. The van der Waals surface area contributed by atoms with Crippen molar-refractivity contribution in [2.45, 2.75) is 0 Å². The Labute approximate surface area is 133 Å². The number of H-pyrrole nitrogens is 1. The molecule has 0 bridgehead atoms. The van der Waals surface area contributed by atoms with Crippen molar-refractivity contribution >= 4 is 44.5 Å². The van der Waals surface area contributed by atoms with Crippen LogP contribution in [-0.2, 0) is 0 Å². The topological polar surface area (TPSA) is 83.8 Å². The number of fused-ring (bicyclic) bond motifs is 1. The third-order valence-electron chi connectivity index (χ3n) is 3.06. The average Bonchev–Trinajstić information content (AvgIpc) is 2.91. The number of nitrogens with one attached hydrogen (secondary N) is 2. The van der Waals surface area contributed by atoms with E-state index in [9.17, 15) is 4.79 Å². The molecule has 0 aliphatic carbocycles. The highest BCUT2D eigenvalue weighted by molar-refractivity contribution is 9.10. The zero-order valence-electron chi connectivity index (χ0n) is 10.7. The molecule has 0 radical (unpaired) electrons. The van der Waals surface area contributed by atoms with Crippen molar-refractivity contribution in [3.8, 4) is 11.4 Å². The van der Waals surface area contributed by atoms with Crippen LogP contribution in [0.5, 0.6) is 0 Å². The molecule has 2 aromatic carbocycles. The molecule has 0 unspecified atom stereocenters. The highest BCUT2D eigenvalue weighted by Crippen LogP contribution is 2.30. The minimum Gasteiger partial charge on any atom is -0.338 e. The van der Waals surface area contributed by atoms with Crippen molar-refractivity contribution in [3.05, 3.63) is 51.5 Å². The summed E-state index contributed by atoms with van der Waals surface area (Å²) in [6, 6.07) is 10.9. The van der Waals surface area contributed by atoms with Crippen LogP contribution in [0.3, 0.4) is 0 Å². The monoisotopic (exact) mass is 364 g/mol. The highest BCUT2D eigenvalue weighted by Gasteiger charge is 2.14. The van der Waals surface area contributed by atoms with E-state index in [0.29, 0.717) is 27.4 Å². The lowest BCUT2D eigenvalue weighted by Gasteiger charge is -2.00. The Morgan fingerprint density at radius 2 is 2.10 bits per heavy atom. The van der Waals surface area contributed by atoms with E-state index >= 15 is 0 Å². The number of hydrazine groups is 1. The summed E-state index contributed by atoms with van der Waals surface area (Å²) in [6.07, 6.45) is 0. The molecule has 21 heavy (non-hydrogen) atoms. The summed E-state index contributed by atoms with van der Waals surface area (Å²) in [5.41, 5.74) is 4.65. The lowest BCUT2D eigenvalue weighted by Crippen LogP contribution is -2.29. The summed E-state index contributed by atoms with van der Waals surface area (Å²) in [6.45, 7) is 0. The fourth-order valence-electron chi connectivity index (χ4n) is 2.07. The largest absolute Gasteiger partial charge is 0.338 e. The molecule has 5 nitrogen and oxygen atoms in total. The summed E-state index contributed by atoms with van der Waals surface area (Å²) in [4.78, 5) is 19.3. The fraction of sp³-hybridized carbons (Fsp3) is 0. The van der Waals surface area contributed by atoms with Gasteiger partial charge in [0.05, 0.1) is 10.5 Å². The van der Waals surface area contributed by atoms with Crippen molar-refractivity contribution in [2.75, 3.05) is 0 Å². The van der Waals surface area contributed by atoms with Gasteiger partial charge in [-0.25, -0.2) is 10.8 Å². The molecule has 1 heterocycles. The molecule has 1 aromatic heterocycles. The van der Waals surface area contributed by atoms with Gasteiger partial charge in [0, 0.05) is 15.6 Å². The van der Waals surface area contributed by atoms with Crippen molar-refractivity contribution < 1.29 is 4.79 Å². The van der Waals surface area contributed by atoms with Gasteiger partial charge >= 0.3 is 0 Å². The van der Waals surface area contributed by atoms with Gasteiger partial charge in [-0.15, -0.1) is 0 Å². The average molecular weight is 366 g/mol. The van der Waals surface area contributed by atoms with Gasteiger partial charge in [0.15, 0.2) is 0 Å². The number of hydrogen-bond donors (Lipinski definition) is 3. The number of halogens is 2. The van der Waals surface area contributed by atoms with Gasteiger partial charge in [-0.05, 0) is 18.2 Å². The summed E-state index contributed by atoms with van der Waals surface area (Å²) in [5, 5.41) is 0.389. The maximum Gasteiger partial charge on any atom is 0.265 e. The van der Waals surface area contributed by atoms with Crippen LogP contribution >= 0.6 is 27.5 Å². The Kier molecular flexibility index (Phi) is 3.67. The standard InChI is InChI=1S/C14H10BrClN4O/c15-9-4-2-1-3-8(9)13-18-11-6-7(14(21)20-17)5-10(16)12(11)19-13/h1-6H,17H2,(H,18,19)(H,20,21). The van der Waals surface area contributed by atoms with Crippen LogP contribution in [0.1, 0.15) is 10.4 Å². The molecule has 0 spiro atoms. The molecule has 1 amide bonds. The van der Waals surface area contributed by atoms with Gasteiger partial charge < -0.3 is 4.98 Å². The van der Waals surface area contributed by atoms with Crippen molar-refractivity contribution in [3.63, 3.8) is 0 Å². The quantitative estimate of drug-likeness (QED) is 0.370. The second-order valence-electron chi connectivity index (χ2n) is 4.39. The molecule has 4 N–H and O–H groups in total. The van der Waals surface area contributed by atoms with E-state index in [4.69, 9.17) is 17.4 Å². The van der Waals surface area contributed by atoms with Gasteiger partial charge in [0.2, 0.25) is 0 Å². The third kappa shape index (κ3) is 2.53. The predicted octanol–water partition coefficient (Wildman–Crippen LogP) is 3.25. The number of carbonyl (C=O) groups excluding carboxylic acids is 1. The van der Waals surface area contributed by atoms with Gasteiger partial charge in [-0.3, -0.25) is 10.2 Å². The number of imidazole rings is 1. The Morgan fingerprint density at radius 3 is 2.81 bits per heavy atom. The molecule has 7 heteroatoms. The number of nitrogens with zero attached hydrogens (tertiary/aromatic N) is 1. The maximum absolute atomic E-state index is 11.6. The van der Waals surface area contributed by atoms with Crippen LogP contribution in [0, 0.1) is 0 Å². The Balaban J connectivity index is 2.19.